The summed E-state index contributed by atoms with van der Waals surface area (Å²) in [6, 6.07) is 2.95. The van der Waals surface area contributed by atoms with Crippen LogP contribution in [0.3, 0.4) is 0 Å². The Morgan fingerprint density at radius 3 is 2.88 bits per heavy atom. The van der Waals surface area contributed by atoms with Gasteiger partial charge in [0.25, 0.3) is 5.91 Å². The van der Waals surface area contributed by atoms with Gasteiger partial charge in [0.15, 0.2) is 0 Å². The second kappa shape index (κ2) is 8.18. The Kier molecular flexibility index (Phi) is 6.24. The number of nitrogens with two attached hydrogens (primary N) is 1. The molecule has 1 saturated heterocycles. The van der Waals surface area contributed by atoms with Crippen LogP contribution < -0.4 is 21.7 Å². The molecule has 7 nitrogen and oxygen atoms in total. The monoisotopic (exact) mass is 338 g/mol. The highest BCUT2D eigenvalue weighted by atomic mass is 19.1. The lowest BCUT2D eigenvalue weighted by Gasteiger charge is -2.33. The third-order valence-corrected chi connectivity index (χ3v) is 4.19. The average Bonchev–Trinajstić information content (AvgIpc) is 2.58. The molecule has 1 aliphatic heterocycles. The quantitative estimate of drug-likeness (QED) is 0.505. The molecule has 8 heteroatoms. The van der Waals surface area contributed by atoms with Crippen molar-refractivity contribution in [3.8, 4) is 0 Å². The molecule has 1 heterocycles. The zero-order chi connectivity index (χ0) is 17.7. The number of nitrogens with one attached hydrogen (secondary N) is 3. The van der Waals surface area contributed by atoms with E-state index < -0.39 is 23.7 Å². The SMILES string of the molecule is CCC1CNCNC1c1cc(F)cc(C(=O)NC[C@@H](N)C(=O)O)c1. The third kappa shape index (κ3) is 4.50. The van der Waals surface area contributed by atoms with E-state index >= 15 is 0 Å². The first-order valence-corrected chi connectivity index (χ1v) is 7.93. The van der Waals surface area contributed by atoms with Crippen LogP contribution in [0, 0.1) is 11.7 Å². The predicted molar refractivity (Wildman–Crippen MR) is 86.9 cm³/mol. The normalized spacial score (nSPS) is 22.0. The van der Waals surface area contributed by atoms with Crippen molar-refractivity contribution in [3.63, 3.8) is 0 Å². The van der Waals surface area contributed by atoms with Crippen LogP contribution in [0.1, 0.15) is 35.3 Å². The summed E-state index contributed by atoms with van der Waals surface area (Å²) in [7, 11) is 0. The van der Waals surface area contributed by atoms with Crippen LogP contribution in [0.25, 0.3) is 0 Å². The second-order valence-electron chi connectivity index (χ2n) is 5.91. The number of hydrogen-bond acceptors (Lipinski definition) is 5. The third-order valence-electron chi connectivity index (χ3n) is 4.19. The van der Waals surface area contributed by atoms with Gasteiger partial charge >= 0.3 is 5.97 Å². The zero-order valence-electron chi connectivity index (χ0n) is 13.5. The zero-order valence-corrected chi connectivity index (χ0v) is 13.5. The molecule has 6 N–H and O–H groups in total. The van der Waals surface area contributed by atoms with Gasteiger partial charge in [-0.05, 0) is 29.7 Å². The van der Waals surface area contributed by atoms with E-state index in [-0.39, 0.29) is 24.1 Å². The Labute approximate surface area is 139 Å². The number of hydrogen-bond donors (Lipinski definition) is 5. The van der Waals surface area contributed by atoms with Gasteiger partial charge < -0.3 is 21.5 Å². The first-order chi connectivity index (χ1) is 11.4. The van der Waals surface area contributed by atoms with E-state index in [0.29, 0.717) is 12.2 Å². The fourth-order valence-electron chi connectivity index (χ4n) is 2.81. The van der Waals surface area contributed by atoms with Crippen LogP contribution in [0.2, 0.25) is 0 Å². The second-order valence-corrected chi connectivity index (χ2v) is 5.91. The minimum atomic E-state index is -1.21. The molecule has 1 aromatic rings. The lowest BCUT2D eigenvalue weighted by Crippen LogP contribution is -2.46. The standard InChI is InChI=1S/C16H23FN4O3/c1-2-9-6-19-8-21-14(9)10-3-11(5-12(17)4-10)15(22)20-7-13(18)16(23)24/h3-5,9,13-14,19,21H,2,6-8,18H2,1H3,(H,20,22)(H,23,24)/t9?,13-,14?/m1/s1. The maximum atomic E-state index is 14.0. The van der Waals surface area contributed by atoms with Crippen molar-refractivity contribution in [2.75, 3.05) is 19.8 Å². The molecule has 0 radical (unpaired) electrons. The van der Waals surface area contributed by atoms with Gasteiger partial charge in [-0.1, -0.05) is 13.3 Å². The topological polar surface area (TPSA) is 116 Å². The first kappa shape index (κ1) is 18.3. The number of benzene rings is 1. The van der Waals surface area contributed by atoms with E-state index in [9.17, 15) is 14.0 Å². The number of rotatable bonds is 6. The van der Waals surface area contributed by atoms with E-state index in [1.807, 2.05) is 0 Å². The summed E-state index contributed by atoms with van der Waals surface area (Å²) in [5.74, 6) is -1.97. The number of carboxylic acids is 1. The van der Waals surface area contributed by atoms with Crippen LogP contribution in [0.5, 0.6) is 0 Å². The minimum Gasteiger partial charge on any atom is -0.480 e. The Balaban J connectivity index is 2.15. The Morgan fingerprint density at radius 2 is 2.21 bits per heavy atom. The van der Waals surface area contributed by atoms with E-state index in [1.165, 1.54) is 6.07 Å². The average molecular weight is 338 g/mol. The molecule has 1 aromatic carbocycles. The molecule has 2 unspecified atom stereocenters. The number of carbonyl (C=O) groups is 2. The highest BCUT2D eigenvalue weighted by Crippen LogP contribution is 2.27. The first-order valence-electron chi connectivity index (χ1n) is 7.93. The summed E-state index contributed by atoms with van der Waals surface area (Å²) < 4.78 is 14.0. The molecule has 3 atom stereocenters. The molecule has 0 aliphatic carbocycles. The highest BCUT2D eigenvalue weighted by molar-refractivity contribution is 5.94. The lowest BCUT2D eigenvalue weighted by molar-refractivity contribution is -0.138. The Hall–Kier alpha value is -2.03. The van der Waals surface area contributed by atoms with Gasteiger partial charge in [-0.25, -0.2) is 4.39 Å². The van der Waals surface area contributed by atoms with Crippen LogP contribution in [0.4, 0.5) is 4.39 Å². The molecule has 1 amide bonds. The van der Waals surface area contributed by atoms with E-state index in [4.69, 9.17) is 10.8 Å². The van der Waals surface area contributed by atoms with Gasteiger partial charge in [-0.3, -0.25) is 14.9 Å². The van der Waals surface area contributed by atoms with Crippen molar-refractivity contribution in [2.45, 2.75) is 25.4 Å². The van der Waals surface area contributed by atoms with Gasteiger partial charge in [0, 0.05) is 31.4 Å². The highest BCUT2D eigenvalue weighted by Gasteiger charge is 2.26. The number of aliphatic carboxylic acids is 1. The molecule has 24 heavy (non-hydrogen) atoms. The van der Waals surface area contributed by atoms with Gasteiger partial charge in [0.05, 0.1) is 0 Å². The molecule has 2 rings (SSSR count). The predicted octanol–water partition coefficient (Wildman–Crippen LogP) is 0.185. The largest absolute Gasteiger partial charge is 0.480 e. The molecule has 0 saturated carbocycles. The van der Waals surface area contributed by atoms with Gasteiger partial charge in [0.1, 0.15) is 11.9 Å². The maximum Gasteiger partial charge on any atom is 0.322 e. The van der Waals surface area contributed by atoms with Crippen molar-refractivity contribution in [1.29, 1.82) is 0 Å². The van der Waals surface area contributed by atoms with Gasteiger partial charge in [0.2, 0.25) is 0 Å². The van der Waals surface area contributed by atoms with Crippen LogP contribution in [-0.2, 0) is 4.79 Å². The molecular formula is C16H23FN4O3. The lowest BCUT2D eigenvalue weighted by atomic mass is 9.88. The molecule has 132 valence electrons. The molecule has 0 bridgehead atoms. The fraction of sp³-hybridized carbons (Fsp3) is 0.500. The summed E-state index contributed by atoms with van der Waals surface area (Å²) in [6.07, 6.45) is 0.913. The summed E-state index contributed by atoms with van der Waals surface area (Å²) in [5, 5.41) is 17.7. The molecule has 1 aliphatic rings. The number of carbonyl (C=O) groups excluding carboxylic acids is 1. The van der Waals surface area contributed by atoms with Crippen molar-refractivity contribution >= 4 is 11.9 Å². The van der Waals surface area contributed by atoms with Crippen LogP contribution in [0.15, 0.2) is 18.2 Å². The molecule has 0 spiro atoms. The van der Waals surface area contributed by atoms with Crippen LogP contribution in [-0.4, -0.2) is 42.8 Å². The van der Waals surface area contributed by atoms with Gasteiger partial charge in [-0.2, -0.15) is 0 Å². The van der Waals surface area contributed by atoms with E-state index in [0.717, 1.165) is 19.0 Å². The van der Waals surface area contributed by atoms with Crippen molar-refractivity contribution < 1.29 is 19.1 Å². The number of halogens is 1. The Morgan fingerprint density at radius 1 is 1.46 bits per heavy atom. The summed E-state index contributed by atoms with van der Waals surface area (Å²) in [5.41, 5.74) is 6.21. The van der Waals surface area contributed by atoms with Crippen molar-refractivity contribution in [2.24, 2.45) is 11.7 Å². The molecule has 1 fully saturated rings. The van der Waals surface area contributed by atoms with Crippen molar-refractivity contribution in [3.05, 3.63) is 35.1 Å². The van der Waals surface area contributed by atoms with E-state index in [1.54, 1.807) is 6.07 Å². The summed E-state index contributed by atoms with van der Waals surface area (Å²) >= 11 is 0. The van der Waals surface area contributed by atoms with Gasteiger partial charge in [-0.15, -0.1) is 0 Å². The van der Waals surface area contributed by atoms with E-state index in [2.05, 4.69) is 22.9 Å². The fourth-order valence-corrected chi connectivity index (χ4v) is 2.81. The van der Waals surface area contributed by atoms with Crippen LogP contribution >= 0.6 is 0 Å². The molecule has 0 aromatic heterocycles. The maximum absolute atomic E-state index is 14.0. The van der Waals surface area contributed by atoms with Crippen molar-refractivity contribution in [1.82, 2.24) is 16.0 Å². The Bertz CT molecular complexity index is 611. The molecular weight excluding hydrogens is 315 g/mol. The minimum absolute atomic E-state index is 0.0419. The summed E-state index contributed by atoms with van der Waals surface area (Å²) in [4.78, 5) is 22.8. The number of carboxylic acid groups (broad SMARTS) is 1. The summed E-state index contributed by atoms with van der Waals surface area (Å²) in [6.45, 7) is 3.28. The smallest absolute Gasteiger partial charge is 0.322 e. The number of amides is 1.